The van der Waals surface area contributed by atoms with E-state index in [9.17, 15) is 4.79 Å². The van der Waals surface area contributed by atoms with Gasteiger partial charge in [-0.25, -0.2) is 4.98 Å². The molecule has 1 unspecified atom stereocenters. The summed E-state index contributed by atoms with van der Waals surface area (Å²) < 4.78 is 5.16. The van der Waals surface area contributed by atoms with Crippen molar-refractivity contribution in [1.82, 2.24) is 10.3 Å². The van der Waals surface area contributed by atoms with Gasteiger partial charge in [0.05, 0.1) is 11.6 Å². The maximum atomic E-state index is 12.2. The normalized spacial score (nSPS) is 14.1. The van der Waals surface area contributed by atoms with Gasteiger partial charge in [-0.2, -0.15) is 0 Å². The third-order valence-corrected chi connectivity index (χ3v) is 4.29. The molecule has 0 bridgehead atoms. The number of carbonyl (C=O) groups is 1. The van der Waals surface area contributed by atoms with Gasteiger partial charge in [0.25, 0.3) is 0 Å². The van der Waals surface area contributed by atoms with Crippen molar-refractivity contribution in [2.24, 2.45) is 0 Å². The number of aromatic nitrogens is 1. The Hall–Kier alpha value is -0.780. The molecular formula is C14H21ClN2O2S. The summed E-state index contributed by atoms with van der Waals surface area (Å²) in [5.41, 5.74) is -0.768. The third-order valence-electron chi connectivity index (χ3n) is 2.56. The van der Waals surface area contributed by atoms with E-state index in [0.29, 0.717) is 17.4 Å². The molecule has 1 heterocycles. The molecule has 6 heteroatoms. The molecule has 0 spiro atoms. The summed E-state index contributed by atoms with van der Waals surface area (Å²) in [6, 6.07) is 3.74. The highest BCUT2D eigenvalue weighted by Crippen LogP contribution is 2.27. The average molecular weight is 317 g/mol. The van der Waals surface area contributed by atoms with E-state index in [4.69, 9.17) is 16.3 Å². The van der Waals surface area contributed by atoms with E-state index in [-0.39, 0.29) is 12.0 Å². The number of halogens is 1. The van der Waals surface area contributed by atoms with E-state index in [1.54, 1.807) is 25.3 Å². The molecule has 1 N–H and O–H groups in total. The van der Waals surface area contributed by atoms with Gasteiger partial charge < -0.3 is 4.74 Å². The number of esters is 1. The van der Waals surface area contributed by atoms with Crippen LogP contribution in [0.2, 0.25) is 5.02 Å². The third kappa shape index (κ3) is 4.96. The van der Waals surface area contributed by atoms with Crippen LogP contribution in [0.5, 0.6) is 0 Å². The minimum atomic E-state index is -0.768. The predicted molar refractivity (Wildman–Crippen MR) is 83.3 cm³/mol. The molecule has 0 saturated carbocycles. The number of nitrogens with zero attached hydrogens (tertiary/aromatic N) is 1. The molecule has 4 nitrogen and oxygen atoms in total. The van der Waals surface area contributed by atoms with Gasteiger partial charge in [-0.1, -0.05) is 11.6 Å². The smallest absolute Gasteiger partial charge is 0.326 e. The maximum absolute atomic E-state index is 12.2. The molecule has 0 aliphatic carbocycles. The Morgan fingerprint density at radius 3 is 2.85 bits per heavy atom. The summed E-state index contributed by atoms with van der Waals surface area (Å²) in [6.45, 7) is 8.00. The van der Waals surface area contributed by atoms with Crippen LogP contribution in [0.4, 0.5) is 0 Å². The number of hydrogen-bond donors (Lipinski definition) is 1. The first-order valence-electron chi connectivity index (χ1n) is 6.57. The lowest BCUT2D eigenvalue weighted by Crippen LogP contribution is -2.55. The molecule has 1 aromatic rings. The topological polar surface area (TPSA) is 51.2 Å². The van der Waals surface area contributed by atoms with E-state index in [2.05, 4.69) is 10.3 Å². The summed E-state index contributed by atoms with van der Waals surface area (Å²) in [4.78, 5) is 16.4. The van der Waals surface area contributed by atoms with Crippen LogP contribution in [-0.2, 0) is 9.53 Å². The molecular weight excluding hydrogens is 296 g/mol. The van der Waals surface area contributed by atoms with Crippen molar-refractivity contribution in [1.29, 1.82) is 0 Å². The van der Waals surface area contributed by atoms with Crippen molar-refractivity contribution < 1.29 is 9.53 Å². The number of pyridine rings is 1. The summed E-state index contributed by atoms with van der Waals surface area (Å²) in [5.74, 6) is 0.244. The Bertz CT molecular complexity index is 457. The molecule has 0 aliphatic rings. The van der Waals surface area contributed by atoms with Crippen molar-refractivity contribution in [3.05, 3.63) is 23.4 Å². The van der Waals surface area contributed by atoms with E-state index < -0.39 is 5.54 Å². The van der Waals surface area contributed by atoms with Gasteiger partial charge in [0.1, 0.15) is 10.6 Å². The zero-order valence-electron chi connectivity index (χ0n) is 12.3. The summed E-state index contributed by atoms with van der Waals surface area (Å²) in [7, 11) is 0. The molecule has 0 amide bonds. The van der Waals surface area contributed by atoms with Crippen molar-refractivity contribution in [2.45, 2.75) is 44.3 Å². The van der Waals surface area contributed by atoms with Crippen molar-refractivity contribution in [3.63, 3.8) is 0 Å². The summed E-state index contributed by atoms with van der Waals surface area (Å²) in [6.07, 6.45) is 1.69. The van der Waals surface area contributed by atoms with Crippen LogP contribution in [-0.4, -0.2) is 34.9 Å². The Morgan fingerprint density at radius 2 is 2.30 bits per heavy atom. The van der Waals surface area contributed by atoms with Crippen LogP contribution in [0.25, 0.3) is 0 Å². The molecule has 1 rings (SSSR count). The Kier molecular flexibility index (Phi) is 6.79. The second-order valence-electron chi connectivity index (χ2n) is 4.93. The van der Waals surface area contributed by atoms with E-state index in [1.807, 2.05) is 20.8 Å². The van der Waals surface area contributed by atoms with Gasteiger partial charge >= 0.3 is 5.97 Å². The van der Waals surface area contributed by atoms with Crippen LogP contribution in [0, 0.1) is 0 Å². The zero-order chi connectivity index (χ0) is 15.2. The molecule has 112 valence electrons. The molecule has 1 aromatic heterocycles. The Morgan fingerprint density at radius 1 is 1.60 bits per heavy atom. The zero-order valence-corrected chi connectivity index (χ0v) is 13.8. The largest absolute Gasteiger partial charge is 0.465 e. The van der Waals surface area contributed by atoms with Crippen LogP contribution >= 0.6 is 23.4 Å². The number of ether oxygens (including phenoxy) is 1. The number of thioether (sulfide) groups is 1. The van der Waals surface area contributed by atoms with Gasteiger partial charge in [0.15, 0.2) is 0 Å². The minimum Gasteiger partial charge on any atom is -0.465 e. The second-order valence-corrected chi connectivity index (χ2v) is 6.30. The highest BCUT2D eigenvalue weighted by Gasteiger charge is 2.35. The van der Waals surface area contributed by atoms with E-state index in [1.165, 1.54) is 11.8 Å². The van der Waals surface area contributed by atoms with Gasteiger partial charge in [-0.15, -0.1) is 11.8 Å². The van der Waals surface area contributed by atoms with Gasteiger partial charge in [-0.3, -0.25) is 10.1 Å². The van der Waals surface area contributed by atoms with Crippen molar-refractivity contribution in [2.75, 3.05) is 12.4 Å². The lowest BCUT2D eigenvalue weighted by molar-refractivity contribution is -0.149. The molecule has 0 fully saturated rings. The average Bonchev–Trinajstić information content (AvgIpc) is 2.37. The van der Waals surface area contributed by atoms with Crippen LogP contribution in [0.1, 0.15) is 27.7 Å². The Balaban J connectivity index is 2.80. The first-order chi connectivity index (χ1) is 9.39. The first-order valence-corrected chi connectivity index (χ1v) is 7.93. The molecule has 0 saturated heterocycles. The lowest BCUT2D eigenvalue weighted by Gasteiger charge is -2.30. The summed E-state index contributed by atoms with van der Waals surface area (Å²) >= 11 is 7.52. The fourth-order valence-electron chi connectivity index (χ4n) is 1.78. The summed E-state index contributed by atoms with van der Waals surface area (Å²) in [5, 5.41) is 4.57. The first kappa shape index (κ1) is 17.3. The maximum Gasteiger partial charge on any atom is 0.326 e. The number of carbonyl (C=O) groups excluding carboxylic acids is 1. The minimum absolute atomic E-state index is 0.171. The lowest BCUT2D eigenvalue weighted by atomic mass is 10.0. The highest BCUT2D eigenvalue weighted by molar-refractivity contribution is 7.99. The van der Waals surface area contributed by atoms with Gasteiger partial charge in [-0.05, 0) is 39.8 Å². The monoisotopic (exact) mass is 316 g/mol. The standard InChI is InChI=1S/C14H21ClN2O2S/c1-5-19-13(18)14(4,17-10(2)3)9-20-12-11(15)7-6-8-16-12/h6-8,10,17H,5,9H2,1-4H3. The molecule has 0 aromatic carbocycles. The van der Waals surface area contributed by atoms with Crippen molar-refractivity contribution >= 4 is 29.3 Å². The van der Waals surface area contributed by atoms with Gasteiger partial charge in [0.2, 0.25) is 0 Å². The van der Waals surface area contributed by atoms with E-state index in [0.717, 1.165) is 5.03 Å². The molecule has 0 radical (unpaired) electrons. The predicted octanol–water partition coefficient (Wildman–Crippen LogP) is 3.15. The SMILES string of the molecule is CCOC(=O)C(C)(CSc1ncccc1Cl)NC(C)C. The molecule has 20 heavy (non-hydrogen) atoms. The van der Waals surface area contributed by atoms with Crippen LogP contribution in [0.3, 0.4) is 0 Å². The van der Waals surface area contributed by atoms with Crippen molar-refractivity contribution in [3.8, 4) is 0 Å². The highest BCUT2D eigenvalue weighted by atomic mass is 35.5. The number of rotatable bonds is 7. The van der Waals surface area contributed by atoms with Gasteiger partial charge in [0, 0.05) is 18.0 Å². The van der Waals surface area contributed by atoms with E-state index >= 15 is 0 Å². The number of hydrogen-bond acceptors (Lipinski definition) is 5. The quantitative estimate of drug-likeness (QED) is 0.618. The molecule has 1 atom stereocenters. The fraction of sp³-hybridized carbons (Fsp3) is 0.571. The number of nitrogens with one attached hydrogen (secondary N) is 1. The fourth-order valence-corrected chi connectivity index (χ4v) is 3.03. The Labute approximate surface area is 129 Å². The van der Waals surface area contributed by atoms with Crippen LogP contribution in [0.15, 0.2) is 23.4 Å². The second kappa shape index (κ2) is 7.86. The van der Waals surface area contributed by atoms with Crippen LogP contribution < -0.4 is 5.32 Å². The molecule has 0 aliphatic heterocycles.